The van der Waals surface area contributed by atoms with E-state index in [1.807, 2.05) is 0 Å². The predicted octanol–water partition coefficient (Wildman–Crippen LogP) is 7.03. The molecule has 0 atom stereocenters. The van der Waals surface area contributed by atoms with Crippen molar-refractivity contribution in [3.63, 3.8) is 0 Å². The van der Waals surface area contributed by atoms with Crippen molar-refractivity contribution in [3.8, 4) is 11.1 Å². The Kier molecular flexibility index (Phi) is 4.94. The zero-order valence-corrected chi connectivity index (χ0v) is 15.8. The monoisotopic (exact) mass is 318 g/mol. The van der Waals surface area contributed by atoms with Gasteiger partial charge in [-0.15, -0.1) is 0 Å². The molecule has 0 saturated carbocycles. The lowest BCUT2D eigenvalue weighted by atomic mass is 9.86. The quantitative estimate of drug-likeness (QED) is 0.555. The smallest absolute Gasteiger partial charge is 0.00575 e. The van der Waals surface area contributed by atoms with Gasteiger partial charge in [-0.25, -0.2) is 0 Å². The molecule has 0 saturated heterocycles. The molecule has 24 heavy (non-hydrogen) atoms. The van der Waals surface area contributed by atoms with Crippen LogP contribution in [-0.4, -0.2) is 0 Å². The number of rotatable bonds is 5. The Morgan fingerprint density at radius 3 is 2.38 bits per heavy atom. The van der Waals surface area contributed by atoms with Crippen LogP contribution in [0.15, 0.2) is 42.0 Å². The summed E-state index contributed by atoms with van der Waals surface area (Å²) in [7, 11) is 0. The summed E-state index contributed by atoms with van der Waals surface area (Å²) in [6.07, 6.45) is 5.92. The van der Waals surface area contributed by atoms with Gasteiger partial charge in [0.05, 0.1) is 0 Å². The van der Waals surface area contributed by atoms with Crippen LogP contribution >= 0.6 is 0 Å². The van der Waals surface area contributed by atoms with Crippen LogP contribution in [0, 0.1) is 5.92 Å². The normalized spacial score (nSPS) is 13.5. The van der Waals surface area contributed by atoms with Crippen molar-refractivity contribution in [1.82, 2.24) is 0 Å². The Balaban J connectivity index is 2.19. The van der Waals surface area contributed by atoms with E-state index in [0.29, 0.717) is 5.92 Å². The Bertz CT molecular complexity index is 760. The average Bonchev–Trinajstić information content (AvgIpc) is 2.95. The molecule has 0 heterocycles. The fraction of sp³-hybridized carbons (Fsp3) is 0.417. The lowest BCUT2D eigenvalue weighted by molar-refractivity contribution is 0.638. The minimum absolute atomic E-state index is 0.544. The molecule has 2 aromatic carbocycles. The summed E-state index contributed by atoms with van der Waals surface area (Å²) in [5.41, 5.74) is 10.4. The highest BCUT2D eigenvalue weighted by atomic mass is 14.3. The first-order chi connectivity index (χ1) is 11.5. The molecule has 0 heteroatoms. The fourth-order valence-electron chi connectivity index (χ4n) is 4.02. The van der Waals surface area contributed by atoms with Crippen molar-refractivity contribution in [3.05, 3.63) is 64.2 Å². The van der Waals surface area contributed by atoms with Gasteiger partial charge in [-0.1, -0.05) is 82.7 Å². The number of hydrogen-bond donors (Lipinski definition) is 0. The minimum atomic E-state index is 0.544. The molecule has 2 aromatic rings. The summed E-state index contributed by atoms with van der Waals surface area (Å²) >= 11 is 0. The Morgan fingerprint density at radius 2 is 1.71 bits per heavy atom. The molecule has 126 valence electrons. The van der Waals surface area contributed by atoms with E-state index in [2.05, 4.69) is 77.1 Å². The highest BCUT2D eigenvalue weighted by molar-refractivity contribution is 5.84. The zero-order valence-electron chi connectivity index (χ0n) is 15.8. The first-order valence-electron chi connectivity index (χ1n) is 9.44. The van der Waals surface area contributed by atoms with Gasteiger partial charge < -0.3 is 0 Å². The second-order valence-corrected chi connectivity index (χ2v) is 7.85. The molecule has 0 amide bonds. The van der Waals surface area contributed by atoms with Gasteiger partial charge in [-0.3, -0.25) is 0 Å². The second-order valence-electron chi connectivity index (χ2n) is 7.85. The van der Waals surface area contributed by atoms with Crippen LogP contribution in [0.5, 0.6) is 0 Å². The average molecular weight is 319 g/mol. The number of fused-ring (bicyclic) bond motifs is 1. The Labute approximate surface area is 147 Å². The molecule has 0 N–H and O–H groups in total. The number of allylic oxidation sites excluding steroid dienone is 1. The van der Waals surface area contributed by atoms with Crippen molar-refractivity contribution in [1.29, 1.82) is 0 Å². The van der Waals surface area contributed by atoms with Crippen molar-refractivity contribution < 1.29 is 0 Å². The van der Waals surface area contributed by atoms with Crippen molar-refractivity contribution in [2.75, 3.05) is 0 Å². The third-order valence-electron chi connectivity index (χ3n) is 5.09. The van der Waals surface area contributed by atoms with Gasteiger partial charge in [0.2, 0.25) is 0 Å². The summed E-state index contributed by atoms with van der Waals surface area (Å²) in [6.45, 7) is 11.5. The summed E-state index contributed by atoms with van der Waals surface area (Å²) in [5, 5.41) is 0. The maximum Gasteiger partial charge on any atom is -0.00575 e. The highest BCUT2D eigenvalue weighted by Crippen LogP contribution is 2.40. The first kappa shape index (κ1) is 17.0. The van der Waals surface area contributed by atoms with Crippen molar-refractivity contribution in [2.45, 2.75) is 59.8 Å². The molecule has 3 rings (SSSR count). The SMILES string of the molecule is CCc1ccc2c(c1-c1ccccc1C(C)C)C=C(CC(C)C)C2. The van der Waals surface area contributed by atoms with Gasteiger partial charge >= 0.3 is 0 Å². The molecule has 0 aromatic heterocycles. The van der Waals surface area contributed by atoms with E-state index in [9.17, 15) is 0 Å². The zero-order chi connectivity index (χ0) is 17.3. The van der Waals surface area contributed by atoms with Gasteiger partial charge in [0.25, 0.3) is 0 Å². The molecular weight excluding hydrogens is 288 g/mol. The molecule has 0 unspecified atom stereocenters. The lowest BCUT2D eigenvalue weighted by Crippen LogP contribution is -1.99. The topological polar surface area (TPSA) is 0 Å². The van der Waals surface area contributed by atoms with Gasteiger partial charge in [0, 0.05) is 0 Å². The van der Waals surface area contributed by atoms with Crippen molar-refractivity contribution in [2.24, 2.45) is 5.92 Å². The largest absolute Gasteiger partial charge is 0.0649 e. The molecule has 0 radical (unpaired) electrons. The van der Waals surface area contributed by atoms with Gasteiger partial charge in [-0.2, -0.15) is 0 Å². The van der Waals surface area contributed by atoms with Crippen LogP contribution < -0.4 is 0 Å². The number of aryl methyl sites for hydroxylation is 1. The van der Waals surface area contributed by atoms with E-state index in [4.69, 9.17) is 0 Å². The van der Waals surface area contributed by atoms with Gasteiger partial charge in [0.1, 0.15) is 0 Å². The van der Waals surface area contributed by atoms with E-state index in [1.54, 1.807) is 5.57 Å². The van der Waals surface area contributed by atoms with Gasteiger partial charge in [-0.05, 0) is 64.5 Å². The highest BCUT2D eigenvalue weighted by Gasteiger charge is 2.21. The van der Waals surface area contributed by atoms with Crippen molar-refractivity contribution >= 4 is 6.08 Å². The van der Waals surface area contributed by atoms with E-state index in [0.717, 1.165) is 18.8 Å². The third kappa shape index (κ3) is 3.20. The molecule has 1 aliphatic carbocycles. The summed E-state index contributed by atoms with van der Waals surface area (Å²) in [6, 6.07) is 13.7. The molecule has 0 bridgehead atoms. The number of benzene rings is 2. The van der Waals surface area contributed by atoms with E-state index in [1.165, 1.54) is 39.8 Å². The maximum atomic E-state index is 2.49. The van der Waals surface area contributed by atoms with Crippen LogP contribution in [0.2, 0.25) is 0 Å². The number of hydrogen-bond acceptors (Lipinski definition) is 0. The summed E-state index contributed by atoms with van der Waals surface area (Å²) in [5.74, 6) is 1.27. The van der Waals surface area contributed by atoms with Gasteiger partial charge in [0.15, 0.2) is 0 Å². The molecule has 1 aliphatic rings. The van der Waals surface area contributed by atoms with E-state index in [-0.39, 0.29) is 0 Å². The van der Waals surface area contributed by atoms with E-state index < -0.39 is 0 Å². The van der Waals surface area contributed by atoms with Crippen LogP contribution in [0.4, 0.5) is 0 Å². The standard InChI is InChI=1S/C24H30/c1-6-19-11-12-20-14-18(13-16(2)3)15-23(20)24(19)22-10-8-7-9-21(22)17(4)5/h7-12,15-17H,6,13-14H2,1-5H3. The molecule has 0 aliphatic heterocycles. The molecule has 0 fully saturated rings. The van der Waals surface area contributed by atoms with Crippen LogP contribution in [-0.2, 0) is 12.8 Å². The minimum Gasteiger partial charge on any atom is -0.0649 e. The fourth-order valence-corrected chi connectivity index (χ4v) is 4.02. The summed E-state index contributed by atoms with van der Waals surface area (Å²) < 4.78 is 0. The van der Waals surface area contributed by atoms with Crippen LogP contribution in [0.1, 0.15) is 69.2 Å². The summed E-state index contributed by atoms with van der Waals surface area (Å²) in [4.78, 5) is 0. The predicted molar refractivity (Wildman–Crippen MR) is 106 cm³/mol. The maximum absolute atomic E-state index is 2.49. The molecular formula is C24H30. The second kappa shape index (κ2) is 6.97. The first-order valence-corrected chi connectivity index (χ1v) is 9.44. The van der Waals surface area contributed by atoms with E-state index >= 15 is 0 Å². The van der Waals surface area contributed by atoms with Crippen LogP contribution in [0.25, 0.3) is 17.2 Å². The Hall–Kier alpha value is -1.82. The molecule has 0 spiro atoms. The molecule has 0 nitrogen and oxygen atoms in total. The lowest BCUT2D eigenvalue weighted by Gasteiger charge is -2.18. The van der Waals surface area contributed by atoms with Crippen LogP contribution in [0.3, 0.4) is 0 Å². The third-order valence-corrected chi connectivity index (χ3v) is 5.09. The Morgan fingerprint density at radius 1 is 0.958 bits per heavy atom.